The minimum absolute atomic E-state index is 0.0387. The summed E-state index contributed by atoms with van der Waals surface area (Å²) in [5.41, 5.74) is 2.12. The molecule has 2 atom stereocenters. The van der Waals surface area contributed by atoms with Gasteiger partial charge >= 0.3 is 0 Å². The summed E-state index contributed by atoms with van der Waals surface area (Å²) in [4.78, 5) is 12.4. The van der Waals surface area contributed by atoms with Gasteiger partial charge in [0.15, 0.2) is 6.10 Å². The second kappa shape index (κ2) is 7.64. The van der Waals surface area contributed by atoms with Crippen molar-refractivity contribution >= 4 is 5.91 Å². The van der Waals surface area contributed by atoms with E-state index in [4.69, 9.17) is 4.74 Å². The van der Waals surface area contributed by atoms with E-state index in [9.17, 15) is 4.79 Å². The molecule has 0 aliphatic carbocycles. The molecule has 0 aliphatic rings. The van der Waals surface area contributed by atoms with E-state index in [1.807, 2.05) is 75.4 Å². The van der Waals surface area contributed by atoms with Crippen molar-refractivity contribution in [1.82, 2.24) is 5.32 Å². The van der Waals surface area contributed by atoms with Crippen LogP contribution in [-0.4, -0.2) is 12.0 Å². The van der Waals surface area contributed by atoms with Crippen LogP contribution in [0.15, 0.2) is 54.6 Å². The standard InChI is InChI=1S/C19H23NO2/c1-4-17(22-18-13-9-8-10-14(18)2)19(21)20-15(3)16-11-6-5-7-12-16/h5-13,15,17H,4H2,1-3H3,(H,20,21)/t15-,17+/m1/s1. The molecule has 116 valence electrons. The van der Waals surface area contributed by atoms with Gasteiger partial charge in [-0.2, -0.15) is 0 Å². The highest BCUT2D eigenvalue weighted by Gasteiger charge is 2.21. The van der Waals surface area contributed by atoms with E-state index in [1.165, 1.54) is 0 Å². The Kier molecular flexibility index (Phi) is 5.59. The van der Waals surface area contributed by atoms with Crippen LogP contribution in [0.3, 0.4) is 0 Å². The molecule has 0 unspecified atom stereocenters. The Morgan fingerprint density at radius 3 is 2.36 bits per heavy atom. The fraction of sp³-hybridized carbons (Fsp3) is 0.316. The van der Waals surface area contributed by atoms with E-state index >= 15 is 0 Å². The maximum absolute atomic E-state index is 12.4. The molecule has 0 saturated carbocycles. The number of rotatable bonds is 6. The molecule has 22 heavy (non-hydrogen) atoms. The SMILES string of the molecule is CC[C@H](Oc1ccccc1C)C(=O)N[C@H](C)c1ccccc1. The van der Waals surface area contributed by atoms with Gasteiger partial charge in [-0.3, -0.25) is 4.79 Å². The molecular formula is C19H23NO2. The molecule has 2 rings (SSSR count). The number of hydrogen-bond donors (Lipinski definition) is 1. The molecule has 0 saturated heterocycles. The Balaban J connectivity index is 2.02. The van der Waals surface area contributed by atoms with Crippen molar-refractivity contribution in [3.8, 4) is 5.75 Å². The number of hydrogen-bond acceptors (Lipinski definition) is 2. The van der Waals surface area contributed by atoms with Gasteiger partial charge in [-0.15, -0.1) is 0 Å². The zero-order chi connectivity index (χ0) is 15.9. The normalized spacial score (nSPS) is 13.2. The van der Waals surface area contributed by atoms with Crippen LogP contribution in [0.5, 0.6) is 5.75 Å². The summed E-state index contributed by atoms with van der Waals surface area (Å²) in [6, 6.07) is 17.6. The molecule has 1 amide bonds. The second-order valence-corrected chi connectivity index (χ2v) is 5.42. The van der Waals surface area contributed by atoms with Gasteiger partial charge < -0.3 is 10.1 Å². The van der Waals surface area contributed by atoms with E-state index in [2.05, 4.69) is 5.32 Å². The molecule has 1 N–H and O–H groups in total. The molecule has 0 heterocycles. The van der Waals surface area contributed by atoms with Gasteiger partial charge in [0.05, 0.1) is 6.04 Å². The zero-order valence-electron chi connectivity index (χ0n) is 13.4. The second-order valence-electron chi connectivity index (χ2n) is 5.42. The topological polar surface area (TPSA) is 38.3 Å². The number of ether oxygens (including phenoxy) is 1. The summed E-state index contributed by atoms with van der Waals surface area (Å²) in [6.07, 6.45) is 0.147. The lowest BCUT2D eigenvalue weighted by Gasteiger charge is -2.21. The van der Waals surface area contributed by atoms with Gasteiger partial charge in [0.2, 0.25) is 0 Å². The first-order chi connectivity index (χ1) is 10.6. The van der Waals surface area contributed by atoms with Crippen molar-refractivity contribution in [2.24, 2.45) is 0 Å². The Bertz CT molecular complexity index is 610. The van der Waals surface area contributed by atoms with Crippen LogP contribution in [0, 0.1) is 6.92 Å². The molecule has 0 aromatic heterocycles. The van der Waals surface area contributed by atoms with E-state index in [0.29, 0.717) is 6.42 Å². The zero-order valence-corrected chi connectivity index (χ0v) is 13.4. The van der Waals surface area contributed by atoms with Crippen molar-refractivity contribution in [2.45, 2.75) is 39.3 Å². The summed E-state index contributed by atoms with van der Waals surface area (Å²) in [5, 5.41) is 3.02. The number of nitrogens with one attached hydrogen (secondary N) is 1. The van der Waals surface area contributed by atoms with Gasteiger partial charge in [0.25, 0.3) is 5.91 Å². The monoisotopic (exact) mass is 297 g/mol. The molecule has 2 aromatic rings. The van der Waals surface area contributed by atoms with Crippen LogP contribution in [0.1, 0.15) is 37.4 Å². The van der Waals surface area contributed by atoms with Gasteiger partial charge in [-0.1, -0.05) is 55.5 Å². The highest BCUT2D eigenvalue weighted by molar-refractivity contribution is 5.81. The van der Waals surface area contributed by atoms with Crippen LogP contribution in [0.2, 0.25) is 0 Å². The first-order valence-electron chi connectivity index (χ1n) is 7.69. The predicted octanol–water partition coefficient (Wildman–Crippen LogP) is 4.03. The summed E-state index contributed by atoms with van der Waals surface area (Å²) in [6.45, 7) is 5.91. The Morgan fingerprint density at radius 2 is 1.73 bits per heavy atom. The van der Waals surface area contributed by atoms with E-state index < -0.39 is 6.10 Å². The number of carbonyl (C=O) groups excluding carboxylic acids is 1. The van der Waals surface area contributed by atoms with Crippen LogP contribution in [0.4, 0.5) is 0 Å². The average Bonchev–Trinajstić information content (AvgIpc) is 2.54. The minimum Gasteiger partial charge on any atom is -0.480 e. The maximum Gasteiger partial charge on any atom is 0.261 e. The number of benzene rings is 2. The summed E-state index contributed by atoms with van der Waals surface area (Å²) in [5.74, 6) is 0.680. The van der Waals surface area contributed by atoms with E-state index in [-0.39, 0.29) is 11.9 Å². The molecule has 0 radical (unpaired) electrons. The number of amides is 1. The third-order valence-corrected chi connectivity index (χ3v) is 3.68. The van der Waals surface area contributed by atoms with Crippen LogP contribution >= 0.6 is 0 Å². The summed E-state index contributed by atoms with van der Waals surface area (Å²) >= 11 is 0. The molecule has 0 aliphatic heterocycles. The smallest absolute Gasteiger partial charge is 0.261 e. The highest BCUT2D eigenvalue weighted by Crippen LogP contribution is 2.19. The molecular weight excluding hydrogens is 274 g/mol. The van der Waals surface area contributed by atoms with Crippen LogP contribution in [0.25, 0.3) is 0 Å². The fourth-order valence-corrected chi connectivity index (χ4v) is 2.30. The first-order valence-corrected chi connectivity index (χ1v) is 7.69. The third-order valence-electron chi connectivity index (χ3n) is 3.68. The van der Waals surface area contributed by atoms with Crippen molar-refractivity contribution in [3.63, 3.8) is 0 Å². The van der Waals surface area contributed by atoms with Crippen LogP contribution < -0.4 is 10.1 Å². The lowest BCUT2D eigenvalue weighted by Crippen LogP contribution is -2.39. The lowest BCUT2D eigenvalue weighted by atomic mass is 10.1. The van der Waals surface area contributed by atoms with Gasteiger partial charge in [0, 0.05) is 0 Å². The molecule has 0 spiro atoms. The van der Waals surface area contributed by atoms with Crippen molar-refractivity contribution in [2.75, 3.05) is 0 Å². The largest absolute Gasteiger partial charge is 0.480 e. The number of carbonyl (C=O) groups is 1. The summed E-state index contributed by atoms with van der Waals surface area (Å²) in [7, 11) is 0. The van der Waals surface area contributed by atoms with Crippen molar-refractivity contribution in [3.05, 3.63) is 65.7 Å². The van der Waals surface area contributed by atoms with Crippen molar-refractivity contribution < 1.29 is 9.53 Å². The minimum atomic E-state index is -0.479. The van der Waals surface area contributed by atoms with E-state index in [0.717, 1.165) is 16.9 Å². The predicted molar refractivity (Wildman–Crippen MR) is 88.9 cm³/mol. The molecule has 3 heteroatoms. The number of aryl methyl sites for hydroxylation is 1. The Labute approximate surface area is 132 Å². The molecule has 0 fully saturated rings. The maximum atomic E-state index is 12.4. The molecule has 0 bridgehead atoms. The third kappa shape index (κ3) is 4.10. The van der Waals surface area contributed by atoms with Gasteiger partial charge in [-0.05, 0) is 37.5 Å². The first kappa shape index (κ1) is 16.1. The average molecular weight is 297 g/mol. The van der Waals surface area contributed by atoms with Crippen LogP contribution in [-0.2, 0) is 4.79 Å². The quantitative estimate of drug-likeness (QED) is 0.874. The lowest BCUT2D eigenvalue weighted by molar-refractivity contribution is -0.128. The number of para-hydroxylation sites is 1. The fourth-order valence-electron chi connectivity index (χ4n) is 2.30. The van der Waals surface area contributed by atoms with E-state index in [1.54, 1.807) is 0 Å². The molecule has 2 aromatic carbocycles. The Morgan fingerprint density at radius 1 is 1.09 bits per heavy atom. The summed E-state index contributed by atoms with van der Waals surface area (Å²) < 4.78 is 5.88. The van der Waals surface area contributed by atoms with Gasteiger partial charge in [-0.25, -0.2) is 0 Å². The highest BCUT2D eigenvalue weighted by atomic mass is 16.5. The Hall–Kier alpha value is -2.29. The van der Waals surface area contributed by atoms with Gasteiger partial charge in [0.1, 0.15) is 5.75 Å². The van der Waals surface area contributed by atoms with Crippen molar-refractivity contribution in [1.29, 1.82) is 0 Å². The molecule has 3 nitrogen and oxygen atoms in total.